The van der Waals surface area contributed by atoms with Crippen molar-refractivity contribution in [3.63, 3.8) is 0 Å². The second-order valence-electron chi connectivity index (χ2n) is 5.99. The molecule has 0 saturated carbocycles. The second kappa shape index (κ2) is 7.36. The maximum Gasteiger partial charge on any atom is 0.275 e. The van der Waals surface area contributed by atoms with Crippen molar-refractivity contribution < 1.29 is 19.1 Å². The van der Waals surface area contributed by atoms with E-state index >= 15 is 0 Å². The van der Waals surface area contributed by atoms with E-state index in [9.17, 15) is 23.9 Å². The van der Waals surface area contributed by atoms with Crippen LogP contribution in [0.4, 0.5) is 4.39 Å². The van der Waals surface area contributed by atoms with Crippen LogP contribution in [0, 0.1) is 5.82 Å². The summed E-state index contributed by atoms with van der Waals surface area (Å²) in [6.07, 6.45) is 0. The minimum Gasteiger partial charge on any atom is -0.543 e. The van der Waals surface area contributed by atoms with E-state index in [1.165, 1.54) is 36.4 Å². The number of carbonyl (C=O) groups is 2. The molecule has 3 rings (SSSR count). The third kappa shape index (κ3) is 3.84. The Balaban J connectivity index is 1.86. The summed E-state index contributed by atoms with van der Waals surface area (Å²) in [5, 5.41) is 18.0. The van der Waals surface area contributed by atoms with E-state index in [0.29, 0.717) is 5.56 Å². The fraction of sp³-hybridized carbons (Fsp3) is 0.158. The largest absolute Gasteiger partial charge is 0.543 e. The van der Waals surface area contributed by atoms with Crippen LogP contribution in [-0.4, -0.2) is 21.7 Å². The van der Waals surface area contributed by atoms with Crippen LogP contribution in [0.5, 0.6) is 0 Å². The molecule has 7 nitrogen and oxygen atoms in total. The Labute approximate surface area is 153 Å². The number of carboxylic acid groups (broad SMARTS) is 1. The van der Waals surface area contributed by atoms with E-state index in [1.807, 2.05) is 0 Å². The number of hydrogen-bond donors (Lipinski definition) is 1. The fourth-order valence-corrected chi connectivity index (χ4v) is 2.75. The van der Waals surface area contributed by atoms with E-state index < -0.39 is 35.7 Å². The number of nitrogens with one attached hydrogen (secondary N) is 1. The van der Waals surface area contributed by atoms with Gasteiger partial charge in [-0.1, -0.05) is 30.3 Å². The molecule has 0 fully saturated rings. The van der Waals surface area contributed by atoms with Crippen molar-refractivity contribution in [2.75, 3.05) is 0 Å². The summed E-state index contributed by atoms with van der Waals surface area (Å²) >= 11 is 0. The molecule has 0 aliphatic rings. The number of rotatable bonds is 5. The molecular formula is C19H15FN3O4-. The SMILES string of the molecule is C[C@H](NC(=O)Cn1nc(C(=O)[O-])c2ccccc2c1=O)c1ccc(F)cc1. The highest BCUT2D eigenvalue weighted by molar-refractivity contribution is 6.00. The van der Waals surface area contributed by atoms with Crippen LogP contribution >= 0.6 is 0 Å². The highest BCUT2D eigenvalue weighted by atomic mass is 19.1. The van der Waals surface area contributed by atoms with Gasteiger partial charge in [0.2, 0.25) is 5.91 Å². The van der Waals surface area contributed by atoms with Gasteiger partial charge in [0.25, 0.3) is 5.56 Å². The monoisotopic (exact) mass is 368 g/mol. The molecule has 0 aliphatic heterocycles. The lowest BCUT2D eigenvalue weighted by Crippen LogP contribution is -2.37. The average molecular weight is 368 g/mol. The van der Waals surface area contributed by atoms with Crippen molar-refractivity contribution in [3.8, 4) is 0 Å². The number of benzene rings is 2. The molecular weight excluding hydrogens is 353 g/mol. The average Bonchev–Trinajstić information content (AvgIpc) is 2.64. The lowest BCUT2D eigenvalue weighted by atomic mass is 10.1. The predicted molar refractivity (Wildman–Crippen MR) is 93.3 cm³/mol. The van der Waals surface area contributed by atoms with Crippen molar-refractivity contribution in [2.24, 2.45) is 0 Å². The number of nitrogens with zero attached hydrogens (tertiary/aromatic N) is 2. The first-order valence-electron chi connectivity index (χ1n) is 8.13. The molecule has 0 bridgehead atoms. The van der Waals surface area contributed by atoms with Gasteiger partial charge in [0.15, 0.2) is 0 Å². The van der Waals surface area contributed by atoms with Crippen molar-refractivity contribution >= 4 is 22.6 Å². The highest BCUT2D eigenvalue weighted by Gasteiger charge is 2.15. The molecule has 0 radical (unpaired) electrons. The maximum absolute atomic E-state index is 13.0. The summed E-state index contributed by atoms with van der Waals surface area (Å²) < 4.78 is 13.8. The Morgan fingerprint density at radius 2 is 1.78 bits per heavy atom. The smallest absolute Gasteiger partial charge is 0.275 e. The number of amides is 1. The van der Waals surface area contributed by atoms with Gasteiger partial charge in [0.1, 0.15) is 18.1 Å². The molecule has 0 unspecified atom stereocenters. The van der Waals surface area contributed by atoms with E-state index in [1.54, 1.807) is 19.1 Å². The second-order valence-corrected chi connectivity index (χ2v) is 5.99. The molecule has 8 heteroatoms. The highest BCUT2D eigenvalue weighted by Crippen LogP contribution is 2.14. The molecule has 1 atom stereocenters. The van der Waals surface area contributed by atoms with Crippen LogP contribution in [0.3, 0.4) is 0 Å². The minimum absolute atomic E-state index is 0.131. The van der Waals surface area contributed by atoms with Gasteiger partial charge in [-0.05, 0) is 30.7 Å². The van der Waals surface area contributed by atoms with Crippen LogP contribution < -0.4 is 16.0 Å². The third-order valence-corrected chi connectivity index (χ3v) is 4.10. The molecule has 0 aliphatic carbocycles. The predicted octanol–water partition coefficient (Wildman–Crippen LogP) is 0.777. The van der Waals surface area contributed by atoms with Gasteiger partial charge < -0.3 is 15.2 Å². The Morgan fingerprint density at radius 3 is 2.41 bits per heavy atom. The quantitative estimate of drug-likeness (QED) is 0.717. The van der Waals surface area contributed by atoms with Gasteiger partial charge >= 0.3 is 0 Å². The van der Waals surface area contributed by atoms with Crippen LogP contribution in [0.2, 0.25) is 0 Å². The summed E-state index contributed by atoms with van der Waals surface area (Å²) in [6, 6.07) is 11.3. The first kappa shape index (κ1) is 18.2. The number of carbonyl (C=O) groups excluding carboxylic acids is 2. The van der Waals surface area contributed by atoms with Crippen LogP contribution in [0.1, 0.15) is 29.0 Å². The summed E-state index contributed by atoms with van der Waals surface area (Å²) in [5.74, 6) is -2.47. The topological polar surface area (TPSA) is 104 Å². The first-order valence-corrected chi connectivity index (χ1v) is 8.13. The van der Waals surface area contributed by atoms with Crippen molar-refractivity contribution in [3.05, 3.63) is 76.0 Å². The maximum atomic E-state index is 13.0. The summed E-state index contributed by atoms with van der Waals surface area (Å²) in [6.45, 7) is 1.24. The first-order chi connectivity index (χ1) is 12.9. The molecule has 1 heterocycles. The normalized spacial score (nSPS) is 11.9. The van der Waals surface area contributed by atoms with Gasteiger partial charge in [-0.15, -0.1) is 0 Å². The van der Waals surface area contributed by atoms with Gasteiger partial charge in [-0.2, -0.15) is 5.10 Å². The third-order valence-electron chi connectivity index (χ3n) is 4.10. The zero-order valence-corrected chi connectivity index (χ0v) is 14.3. The number of carboxylic acids is 1. The van der Waals surface area contributed by atoms with Gasteiger partial charge in [0.05, 0.1) is 17.4 Å². The molecule has 0 saturated heterocycles. The lowest BCUT2D eigenvalue weighted by Gasteiger charge is -2.15. The van der Waals surface area contributed by atoms with Crippen LogP contribution in [0.25, 0.3) is 10.8 Å². The molecule has 3 aromatic rings. The molecule has 138 valence electrons. The zero-order chi connectivity index (χ0) is 19.6. The number of aromatic nitrogens is 2. The van der Waals surface area contributed by atoms with Gasteiger partial charge in [0, 0.05) is 5.39 Å². The van der Waals surface area contributed by atoms with Crippen LogP contribution in [0.15, 0.2) is 53.3 Å². The minimum atomic E-state index is -1.54. The van der Waals surface area contributed by atoms with Crippen molar-refractivity contribution in [1.82, 2.24) is 15.1 Å². The zero-order valence-electron chi connectivity index (χ0n) is 14.3. The van der Waals surface area contributed by atoms with E-state index in [0.717, 1.165) is 4.68 Å². The van der Waals surface area contributed by atoms with Gasteiger partial charge in [-0.25, -0.2) is 9.07 Å². The number of aromatic carboxylic acids is 1. The number of halogens is 1. The summed E-state index contributed by atoms with van der Waals surface area (Å²) in [7, 11) is 0. The molecule has 0 spiro atoms. The lowest BCUT2D eigenvalue weighted by molar-refractivity contribution is -0.255. The molecule has 2 aromatic carbocycles. The Bertz CT molecular complexity index is 1080. The van der Waals surface area contributed by atoms with Gasteiger partial charge in [-0.3, -0.25) is 9.59 Å². The summed E-state index contributed by atoms with van der Waals surface area (Å²) in [5.41, 5.74) is -0.316. The van der Waals surface area contributed by atoms with E-state index in [4.69, 9.17) is 0 Å². The Morgan fingerprint density at radius 1 is 1.15 bits per heavy atom. The standard InChI is InChI=1S/C19H16FN3O4/c1-11(12-6-8-13(20)9-7-12)21-16(24)10-23-18(25)15-5-3-2-4-14(15)17(22-23)19(26)27/h2-9,11H,10H2,1H3,(H,21,24)(H,26,27)/p-1/t11-/m0/s1. The number of fused-ring (bicyclic) bond motifs is 1. The molecule has 1 aromatic heterocycles. The van der Waals surface area contributed by atoms with E-state index in [-0.39, 0.29) is 16.6 Å². The van der Waals surface area contributed by atoms with E-state index in [2.05, 4.69) is 10.4 Å². The fourth-order valence-electron chi connectivity index (χ4n) is 2.75. The molecule has 27 heavy (non-hydrogen) atoms. The van der Waals surface area contributed by atoms with Crippen molar-refractivity contribution in [2.45, 2.75) is 19.5 Å². The molecule has 1 amide bonds. The Hall–Kier alpha value is -3.55. The Kier molecular flexibility index (Phi) is 4.98. The number of hydrogen-bond acceptors (Lipinski definition) is 5. The summed E-state index contributed by atoms with van der Waals surface area (Å²) in [4.78, 5) is 36.1. The van der Waals surface area contributed by atoms with Crippen LogP contribution in [-0.2, 0) is 11.3 Å². The van der Waals surface area contributed by atoms with Crippen molar-refractivity contribution in [1.29, 1.82) is 0 Å². The molecule has 1 N–H and O–H groups in total.